The van der Waals surface area contributed by atoms with Gasteiger partial charge in [-0.05, 0) is 25.2 Å². The van der Waals surface area contributed by atoms with Crippen LogP contribution in [0.15, 0.2) is 0 Å². The van der Waals surface area contributed by atoms with Gasteiger partial charge in [0.05, 0.1) is 6.54 Å². The average Bonchev–Trinajstić information content (AvgIpc) is 1.99. The first-order chi connectivity index (χ1) is 6.63. The number of carbonyl (C=O) groups excluding carboxylic acids is 1. The molecule has 0 saturated carbocycles. The molecule has 1 aliphatic heterocycles. The van der Waals surface area contributed by atoms with Gasteiger partial charge in [0.15, 0.2) is 0 Å². The van der Waals surface area contributed by atoms with Gasteiger partial charge >= 0.3 is 0 Å². The van der Waals surface area contributed by atoms with E-state index in [1.807, 2.05) is 0 Å². The molecule has 2 atom stereocenters. The molecule has 1 aliphatic rings. The summed E-state index contributed by atoms with van der Waals surface area (Å²) in [6.45, 7) is 9.67. The number of alkyl halides is 1. The summed E-state index contributed by atoms with van der Waals surface area (Å²) in [5, 5.41) is 0. The Morgan fingerprint density at radius 2 is 2.00 bits per heavy atom. The number of nitrogens with zero attached hydrogens (tertiary/aromatic N) is 1. The minimum absolute atomic E-state index is 0.0153. The Balaban J connectivity index is 2.86. The normalized spacial score (nSPS) is 32.9. The van der Waals surface area contributed by atoms with Crippen molar-refractivity contribution in [1.82, 2.24) is 4.90 Å². The maximum Gasteiger partial charge on any atom is 0.219 e. The molecule has 1 fully saturated rings. The number of halogens is 1. The van der Waals surface area contributed by atoms with Gasteiger partial charge in [-0.3, -0.25) is 4.79 Å². The lowest BCUT2D eigenvalue weighted by molar-refractivity contribution is -0.140. The zero-order valence-corrected chi connectivity index (χ0v) is 10.4. The zero-order chi connectivity index (χ0) is 11.9. The molecule has 1 rings (SSSR count). The Hall–Kier alpha value is -0.600. The van der Waals surface area contributed by atoms with E-state index in [0.29, 0.717) is 6.42 Å². The van der Waals surface area contributed by atoms with E-state index < -0.39 is 5.67 Å². The molecule has 0 spiro atoms. The number of hydrogen-bond donors (Lipinski definition) is 0. The summed E-state index contributed by atoms with van der Waals surface area (Å²) >= 11 is 0. The highest BCUT2D eigenvalue weighted by Gasteiger charge is 2.41. The predicted octanol–water partition coefficient (Wildman–Crippen LogP) is 2.77. The summed E-state index contributed by atoms with van der Waals surface area (Å²) in [7, 11) is 0. The van der Waals surface area contributed by atoms with Gasteiger partial charge < -0.3 is 4.90 Å². The van der Waals surface area contributed by atoms with Crippen LogP contribution in [0.1, 0.15) is 47.5 Å². The van der Waals surface area contributed by atoms with Gasteiger partial charge in [0.25, 0.3) is 0 Å². The molecule has 15 heavy (non-hydrogen) atoms. The van der Waals surface area contributed by atoms with Crippen molar-refractivity contribution in [3.63, 3.8) is 0 Å². The molecule has 0 bridgehead atoms. The van der Waals surface area contributed by atoms with Gasteiger partial charge in [-0.2, -0.15) is 0 Å². The Kier molecular flexibility index (Phi) is 3.13. The lowest BCUT2D eigenvalue weighted by Gasteiger charge is -2.46. The first-order valence-corrected chi connectivity index (χ1v) is 5.60. The molecule has 0 N–H and O–H groups in total. The molecule has 0 aromatic heterocycles. The standard InChI is InChI=1S/C12H22FNO/c1-9(15)14-8-12(5,13)7-6-10(14)11(2,3)4/h10H,6-8H2,1-5H3. The van der Waals surface area contributed by atoms with Gasteiger partial charge in [-0.1, -0.05) is 20.8 Å². The maximum atomic E-state index is 13.8. The number of piperidine rings is 1. The van der Waals surface area contributed by atoms with Gasteiger partial charge in [0.1, 0.15) is 5.67 Å². The van der Waals surface area contributed by atoms with Crippen LogP contribution in [0, 0.1) is 5.41 Å². The van der Waals surface area contributed by atoms with Crippen molar-refractivity contribution in [2.45, 2.75) is 59.2 Å². The van der Waals surface area contributed by atoms with Gasteiger partial charge in [0.2, 0.25) is 5.91 Å². The quantitative estimate of drug-likeness (QED) is 0.608. The van der Waals surface area contributed by atoms with Gasteiger partial charge in [-0.25, -0.2) is 4.39 Å². The SMILES string of the molecule is CC(=O)N1CC(C)(F)CCC1C(C)(C)C. The molecular formula is C12H22FNO. The minimum Gasteiger partial charge on any atom is -0.336 e. The fourth-order valence-corrected chi connectivity index (χ4v) is 2.37. The summed E-state index contributed by atoms with van der Waals surface area (Å²) in [4.78, 5) is 13.2. The Bertz CT molecular complexity index is 255. The number of amides is 1. The molecule has 1 saturated heterocycles. The van der Waals surface area contributed by atoms with E-state index in [-0.39, 0.29) is 23.9 Å². The summed E-state index contributed by atoms with van der Waals surface area (Å²) in [6, 6.07) is 0.166. The molecule has 0 aliphatic carbocycles. The second-order valence-corrected chi connectivity index (χ2v) is 5.98. The first kappa shape index (κ1) is 12.5. The maximum absolute atomic E-state index is 13.8. The topological polar surface area (TPSA) is 20.3 Å². The van der Waals surface area contributed by atoms with Crippen LogP contribution in [-0.4, -0.2) is 29.1 Å². The van der Waals surface area contributed by atoms with E-state index in [1.165, 1.54) is 6.92 Å². The van der Waals surface area contributed by atoms with Crippen LogP contribution in [0.5, 0.6) is 0 Å². The van der Waals surface area contributed by atoms with E-state index in [4.69, 9.17) is 0 Å². The van der Waals surface area contributed by atoms with E-state index in [1.54, 1.807) is 11.8 Å². The lowest BCUT2D eigenvalue weighted by Crippen LogP contribution is -2.55. The van der Waals surface area contributed by atoms with E-state index in [9.17, 15) is 9.18 Å². The van der Waals surface area contributed by atoms with Crippen molar-refractivity contribution in [1.29, 1.82) is 0 Å². The van der Waals surface area contributed by atoms with Crippen molar-refractivity contribution in [2.24, 2.45) is 5.41 Å². The van der Waals surface area contributed by atoms with Crippen LogP contribution in [0.25, 0.3) is 0 Å². The Morgan fingerprint density at radius 3 is 2.40 bits per heavy atom. The molecular weight excluding hydrogens is 193 g/mol. The van der Waals surface area contributed by atoms with Crippen LogP contribution in [-0.2, 0) is 4.79 Å². The molecule has 1 heterocycles. The average molecular weight is 215 g/mol. The molecule has 2 unspecified atom stereocenters. The van der Waals surface area contributed by atoms with Crippen LogP contribution >= 0.6 is 0 Å². The Labute approximate surface area is 91.8 Å². The molecule has 88 valence electrons. The van der Waals surface area contributed by atoms with Crippen molar-refractivity contribution < 1.29 is 9.18 Å². The number of likely N-dealkylation sites (tertiary alicyclic amines) is 1. The van der Waals surface area contributed by atoms with Crippen LogP contribution in [0.3, 0.4) is 0 Å². The predicted molar refractivity (Wildman–Crippen MR) is 59.4 cm³/mol. The highest BCUT2D eigenvalue weighted by molar-refractivity contribution is 5.74. The fraction of sp³-hybridized carbons (Fsp3) is 0.917. The van der Waals surface area contributed by atoms with Crippen molar-refractivity contribution in [3.8, 4) is 0 Å². The monoisotopic (exact) mass is 215 g/mol. The second kappa shape index (κ2) is 3.76. The van der Waals surface area contributed by atoms with E-state index in [2.05, 4.69) is 20.8 Å². The Morgan fingerprint density at radius 1 is 1.47 bits per heavy atom. The largest absolute Gasteiger partial charge is 0.336 e. The van der Waals surface area contributed by atoms with Crippen molar-refractivity contribution in [3.05, 3.63) is 0 Å². The second-order valence-electron chi connectivity index (χ2n) is 5.98. The first-order valence-electron chi connectivity index (χ1n) is 5.60. The van der Waals surface area contributed by atoms with Crippen LogP contribution < -0.4 is 0 Å². The summed E-state index contributed by atoms with van der Waals surface area (Å²) in [5.74, 6) is -0.0153. The smallest absolute Gasteiger partial charge is 0.219 e. The van der Waals surface area contributed by atoms with Gasteiger partial charge in [-0.15, -0.1) is 0 Å². The van der Waals surface area contributed by atoms with Crippen LogP contribution in [0.2, 0.25) is 0 Å². The fourth-order valence-electron chi connectivity index (χ4n) is 2.37. The summed E-state index contributed by atoms with van der Waals surface area (Å²) < 4.78 is 13.8. The van der Waals surface area contributed by atoms with E-state index in [0.717, 1.165) is 6.42 Å². The molecule has 0 aromatic rings. The molecule has 1 amide bonds. The minimum atomic E-state index is -1.21. The van der Waals surface area contributed by atoms with Crippen molar-refractivity contribution >= 4 is 5.91 Å². The third-order valence-corrected chi connectivity index (χ3v) is 3.22. The highest BCUT2D eigenvalue weighted by atomic mass is 19.1. The van der Waals surface area contributed by atoms with Crippen molar-refractivity contribution in [2.75, 3.05) is 6.54 Å². The summed E-state index contributed by atoms with van der Waals surface area (Å²) in [6.07, 6.45) is 1.31. The number of hydrogen-bond acceptors (Lipinski definition) is 1. The lowest BCUT2D eigenvalue weighted by atomic mass is 9.78. The summed E-state index contributed by atoms with van der Waals surface area (Å²) in [5.41, 5.74) is -1.18. The molecule has 0 aromatic carbocycles. The van der Waals surface area contributed by atoms with Gasteiger partial charge in [0, 0.05) is 13.0 Å². The third kappa shape index (κ3) is 2.93. The highest BCUT2D eigenvalue weighted by Crippen LogP contribution is 2.36. The van der Waals surface area contributed by atoms with Crippen LogP contribution in [0.4, 0.5) is 4.39 Å². The molecule has 0 radical (unpaired) electrons. The number of rotatable bonds is 0. The zero-order valence-electron chi connectivity index (χ0n) is 10.4. The molecule has 3 heteroatoms. The third-order valence-electron chi connectivity index (χ3n) is 3.22. The van der Waals surface area contributed by atoms with E-state index >= 15 is 0 Å². The molecule has 2 nitrogen and oxygen atoms in total. The number of carbonyl (C=O) groups is 1.